The summed E-state index contributed by atoms with van der Waals surface area (Å²) < 4.78 is 5.24. The second-order valence-corrected chi connectivity index (χ2v) is 4.09. The molecule has 2 heteroatoms. The lowest BCUT2D eigenvalue weighted by Crippen LogP contribution is -2.43. The van der Waals surface area contributed by atoms with Gasteiger partial charge in [-0.15, -0.1) is 0 Å². The van der Waals surface area contributed by atoms with E-state index in [1.807, 2.05) is 0 Å². The van der Waals surface area contributed by atoms with Crippen LogP contribution in [0, 0.1) is 12.8 Å². The number of benzene rings is 1. The summed E-state index contributed by atoms with van der Waals surface area (Å²) in [5.41, 5.74) is 2.59. The van der Waals surface area contributed by atoms with Crippen LogP contribution in [0.4, 0.5) is 0 Å². The van der Waals surface area contributed by atoms with E-state index in [1.54, 1.807) is 7.11 Å². The first-order chi connectivity index (χ1) is 6.72. The summed E-state index contributed by atoms with van der Waals surface area (Å²) in [4.78, 5) is 0. The van der Waals surface area contributed by atoms with Crippen LogP contribution in [-0.4, -0.2) is 13.7 Å². The van der Waals surface area contributed by atoms with E-state index in [0.717, 1.165) is 18.2 Å². The topological polar surface area (TPSA) is 21.3 Å². The molecule has 1 heterocycles. The van der Waals surface area contributed by atoms with Crippen molar-refractivity contribution in [3.63, 3.8) is 0 Å². The first kappa shape index (κ1) is 9.53. The van der Waals surface area contributed by atoms with Gasteiger partial charge < -0.3 is 10.1 Å². The van der Waals surface area contributed by atoms with Crippen molar-refractivity contribution in [1.82, 2.24) is 5.32 Å². The number of rotatable bonds is 2. The van der Waals surface area contributed by atoms with Crippen molar-refractivity contribution in [2.24, 2.45) is 5.92 Å². The second kappa shape index (κ2) is 3.62. The lowest BCUT2D eigenvalue weighted by atomic mass is 9.87. The largest absolute Gasteiger partial charge is 0.496 e. The molecule has 1 aromatic rings. The van der Waals surface area contributed by atoms with E-state index in [-0.39, 0.29) is 0 Å². The van der Waals surface area contributed by atoms with Crippen molar-refractivity contribution in [3.05, 3.63) is 29.3 Å². The van der Waals surface area contributed by atoms with Crippen molar-refractivity contribution < 1.29 is 4.74 Å². The minimum Gasteiger partial charge on any atom is -0.496 e. The maximum Gasteiger partial charge on any atom is 0.121 e. The molecule has 14 heavy (non-hydrogen) atoms. The maximum atomic E-state index is 5.24. The van der Waals surface area contributed by atoms with Crippen LogP contribution in [0.25, 0.3) is 0 Å². The molecule has 76 valence electrons. The SMILES string of the molecule is COc1ccc(C2NCC2C)cc1C. The van der Waals surface area contributed by atoms with Gasteiger partial charge in [0.15, 0.2) is 0 Å². The van der Waals surface area contributed by atoms with Crippen LogP contribution < -0.4 is 10.1 Å². The number of nitrogens with one attached hydrogen (secondary N) is 1. The molecular weight excluding hydrogens is 174 g/mol. The Hall–Kier alpha value is -1.02. The average Bonchev–Trinajstić information content (AvgIpc) is 2.16. The predicted octanol–water partition coefficient (Wildman–Crippen LogP) is 2.28. The van der Waals surface area contributed by atoms with Gasteiger partial charge in [0.25, 0.3) is 0 Å². The summed E-state index contributed by atoms with van der Waals surface area (Å²) in [7, 11) is 1.71. The molecule has 0 spiro atoms. The summed E-state index contributed by atoms with van der Waals surface area (Å²) in [5, 5.41) is 3.44. The third kappa shape index (κ3) is 1.50. The summed E-state index contributed by atoms with van der Waals surface area (Å²) in [6.45, 7) is 5.50. The molecule has 2 unspecified atom stereocenters. The van der Waals surface area contributed by atoms with Gasteiger partial charge in [-0.1, -0.05) is 19.1 Å². The zero-order valence-corrected chi connectivity index (χ0v) is 9.00. The van der Waals surface area contributed by atoms with E-state index >= 15 is 0 Å². The fourth-order valence-corrected chi connectivity index (χ4v) is 2.01. The van der Waals surface area contributed by atoms with Gasteiger partial charge in [-0.3, -0.25) is 0 Å². The highest BCUT2D eigenvalue weighted by Gasteiger charge is 2.27. The van der Waals surface area contributed by atoms with E-state index in [9.17, 15) is 0 Å². The van der Waals surface area contributed by atoms with E-state index in [2.05, 4.69) is 37.4 Å². The Morgan fingerprint density at radius 2 is 2.21 bits per heavy atom. The number of aryl methyl sites for hydroxylation is 1. The van der Waals surface area contributed by atoms with Gasteiger partial charge in [-0.2, -0.15) is 0 Å². The molecular formula is C12H17NO. The molecule has 1 aliphatic heterocycles. The summed E-state index contributed by atoms with van der Waals surface area (Å²) in [6, 6.07) is 6.96. The highest BCUT2D eigenvalue weighted by atomic mass is 16.5. The van der Waals surface area contributed by atoms with Crippen LogP contribution in [0.5, 0.6) is 5.75 Å². The van der Waals surface area contributed by atoms with Crippen molar-refractivity contribution in [2.75, 3.05) is 13.7 Å². The zero-order chi connectivity index (χ0) is 10.1. The van der Waals surface area contributed by atoms with E-state index in [0.29, 0.717) is 6.04 Å². The zero-order valence-electron chi connectivity index (χ0n) is 9.00. The van der Waals surface area contributed by atoms with Gasteiger partial charge in [0.1, 0.15) is 5.75 Å². The smallest absolute Gasteiger partial charge is 0.121 e. The van der Waals surface area contributed by atoms with Gasteiger partial charge in [0.2, 0.25) is 0 Å². The molecule has 2 rings (SSSR count). The van der Waals surface area contributed by atoms with Crippen LogP contribution in [0.15, 0.2) is 18.2 Å². The number of hydrogen-bond acceptors (Lipinski definition) is 2. The monoisotopic (exact) mass is 191 g/mol. The summed E-state index contributed by atoms with van der Waals surface area (Å²) in [5.74, 6) is 1.73. The first-order valence-corrected chi connectivity index (χ1v) is 5.10. The summed E-state index contributed by atoms with van der Waals surface area (Å²) in [6.07, 6.45) is 0. The predicted molar refractivity (Wildman–Crippen MR) is 57.6 cm³/mol. The van der Waals surface area contributed by atoms with Crippen LogP contribution in [0.3, 0.4) is 0 Å². The fourth-order valence-electron chi connectivity index (χ4n) is 2.01. The molecule has 1 saturated heterocycles. The molecule has 0 amide bonds. The minimum absolute atomic E-state index is 0.541. The van der Waals surface area contributed by atoms with E-state index in [4.69, 9.17) is 4.74 Å². The third-order valence-corrected chi connectivity index (χ3v) is 3.01. The molecule has 0 saturated carbocycles. The molecule has 1 aliphatic rings. The Balaban J connectivity index is 2.24. The van der Waals surface area contributed by atoms with Crippen LogP contribution in [0.2, 0.25) is 0 Å². The van der Waals surface area contributed by atoms with Crippen LogP contribution >= 0.6 is 0 Å². The molecule has 2 atom stereocenters. The molecule has 1 fully saturated rings. The Morgan fingerprint density at radius 3 is 2.64 bits per heavy atom. The highest BCUT2D eigenvalue weighted by Crippen LogP contribution is 2.31. The Labute approximate surface area is 85.3 Å². The van der Waals surface area contributed by atoms with Gasteiger partial charge in [0, 0.05) is 12.6 Å². The third-order valence-electron chi connectivity index (χ3n) is 3.01. The maximum absolute atomic E-state index is 5.24. The molecule has 0 radical (unpaired) electrons. The van der Waals surface area contributed by atoms with Gasteiger partial charge in [-0.25, -0.2) is 0 Å². The van der Waals surface area contributed by atoms with Gasteiger partial charge in [-0.05, 0) is 30.0 Å². The summed E-state index contributed by atoms with van der Waals surface area (Å²) >= 11 is 0. The van der Waals surface area contributed by atoms with Gasteiger partial charge >= 0.3 is 0 Å². The number of methoxy groups -OCH3 is 1. The quantitative estimate of drug-likeness (QED) is 0.774. The normalized spacial score (nSPS) is 25.6. The van der Waals surface area contributed by atoms with Crippen molar-refractivity contribution >= 4 is 0 Å². The van der Waals surface area contributed by atoms with Crippen molar-refractivity contribution in [2.45, 2.75) is 19.9 Å². The van der Waals surface area contributed by atoms with Crippen molar-refractivity contribution in [3.8, 4) is 5.75 Å². The van der Waals surface area contributed by atoms with Crippen LogP contribution in [0.1, 0.15) is 24.1 Å². The average molecular weight is 191 g/mol. The molecule has 1 N–H and O–H groups in total. The standard InChI is InChI=1S/C12H17NO/c1-8-6-10(4-5-11(8)14-3)12-9(2)7-13-12/h4-6,9,12-13H,7H2,1-3H3. The Bertz CT molecular complexity index is 335. The van der Waals surface area contributed by atoms with E-state index < -0.39 is 0 Å². The van der Waals surface area contributed by atoms with E-state index in [1.165, 1.54) is 11.1 Å². The number of hydrogen-bond donors (Lipinski definition) is 1. The highest BCUT2D eigenvalue weighted by molar-refractivity contribution is 5.38. The number of ether oxygens (including phenoxy) is 1. The molecule has 0 bridgehead atoms. The minimum atomic E-state index is 0.541. The molecule has 0 aromatic heterocycles. The van der Waals surface area contributed by atoms with Crippen molar-refractivity contribution in [1.29, 1.82) is 0 Å². The Kier molecular flexibility index (Phi) is 2.46. The molecule has 2 nitrogen and oxygen atoms in total. The van der Waals surface area contributed by atoms with Gasteiger partial charge in [0.05, 0.1) is 7.11 Å². The molecule has 0 aliphatic carbocycles. The second-order valence-electron chi connectivity index (χ2n) is 4.09. The Morgan fingerprint density at radius 1 is 1.43 bits per heavy atom. The lowest BCUT2D eigenvalue weighted by Gasteiger charge is -2.36. The fraction of sp³-hybridized carbons (Fsp3) is 0.500. The lowest BCUT2D eigenvalue weighted by molar-refractivity contribution is 0.258. The molecule has 1 aromatic carbocycles. The van der Waals surface area contributed by atoms with Crippen LogP contribution in [-0.2, 0) is 0 Å². The first-order valence-electron chi connectivity index (χ1n) is 5.10.